The van der Waals surface area contributed by atoms with Crippen LogP contribution in [0.25, 0.3) is 0 Å². The average molecular weight is 288 g/mol. The lowest BCUT2D eigenvalue weighted by atomic mass is 10.1. The van der Waals surface area contributed by atoms with E-state index in [4.69, 9.17) is 0 Å². The summed E-state index contributed by atoms with van der Waals surface area (Å²) in [5.41, 5.74) is 2.60. The highest BCUT2D eigenvalue weighted by Gasteiger charge is 2.19. The molecule has 1 fully saturated rings. The molecule has 0 atom stereocenters. The lowest BCUT2D eigenvalue weighted by molar-refractivity contribution is -0.112. The van der Waals surface area contributed by atoms with Gasteiger partial charge in [0.15, 0.2) is 0 Å². The predicted octanol–water partition coefficient (Wildman–Crippen LogP) is 2.94. The van der Waals surface area contributed by atoms with Gasteiger partial charge in [-0.05, 0) is 38.3 Å². The molecule has 2 N–H and O–H groups in total. The lowest BCUT2D eigenvalue weighted by Crippen LogP contribution is -2.36. The second kappa shape index (κ2) is 7.27. The number of hydrogen-bond donors (Lipinski definition) is 2. The number of anilines is 2. The van der Waals surface area contributed by atoms with Gasteiger partial charge in [-0.25, -0.2) is 0 Å². The van der Waals surface area contributed by atoms with Crippen LogP contribution in [0.15, 0.2) is 35.9 Å². The Morgan fingerprint density at radius 1 is 1.38 bits per heavy atom. The van der Waals surface area contributed by atoms with E-state index in [1.165, 1.54) is 0 Å². The van der Waals surface area contributed by atoms with E-state index in [0.29, 0.717) is 0 Å². The van der Waals surface area contributed by atoms with Crippen molar-refractivity contribution >= 4 is 17.3 Å². The molecule has 4 nitrogen and oxygen atoms in total. The number of nitrogens with zero attached hydrogens (tertiary/aromatic N) is 1. The van der Waals surface area contributed by atoms with Gasteiger partial charge in [-0.15, -0.1) is 0 Å². The van der Waals surface area contributed by atoms with Crippen LogP contribution >= 0.6 is 0 Å². The number of aliphatic hydroxyl groups is 1. The van der Waals surface area contributed by atoms with Crippen molar-refractivity contribution in [3.05, 3.63) is 35.9 Å². The van der Waals surface area contributed by atoms with E-state index < -0.39 is 0 Å². The zero-order chi connectivity index (χ0) is 15.2. The van der Waals surface area contributed by atoms with Gasteiger partial charge in [0.2, 0.25) is 0 Å². The Labute approximate surface area is 126 Å². The summed E-state index contributed by atoms with van der Waals surface area (Å²) in [7, 11) is 0. The van der Waals surface area contributed by atoms with Crippen LogP contribution in [-0.4, -0.2) is 30.2 Å². The van der Waals surface area contributed by atoms with Crippen molar-refractivity contribution in [2.24, 2.45) is 0 Å². The largest absolute Gasteiger partial charge is 0.393 e. The number of nitrogens with one attached hydrogen (secondary N) is 1. The molecular weight excluding hydrogens is 264 g/mol. The molecule has 2 rings (SSSR count). The van der Waals surface area contributed by atoms with Crippen LogP contribution < -0.4 is 10.2 Å². The summed E-state index contributed by atoms with van der Waals surface area (Å²) in [5.74, 6) is -0.0543. The molecule has 21 heavy (non-hydrogen) atoms. The first-order valence-corrected chi connectivity index (χ1v) is 7.62. The van der Waals surface area contributed by atoms with Crippen LogP contribution in [-0.2, 0) is 4.79 Å². The van der Waals surface area contributed by atoms with Gasteiger partial charge in [0.05, 0.1) is 17.5 Å². The monoisotopic (exact) mass is 288 g/mol. The molecule has 0 unspecified atom stereocenters. The third-order valence-corrected chi connectivity index (χ3v) is 3.83. The van der Waals surface area contributed by atoms with Crippen molar-refractivity contribution in [1.82, 2.24) is 0 Å². The lowest BCUT2D eigenvalue weighted by Gasteiger charge is -2.32. The van der Waals surface area contributed by atoms with Gasteiger partial charge in [0.25, 0.3) is 5.91 Å². The van der Waals surface area contributed by atoms with Crippen LogP contribution in [0, 0.1) is 0 Å². The van der Waals surface area contributed by atoms with Crippen LogP contribution in [0.2, 0.25) is 0 Å². The number of carbonyl (C=O) groups excluding carboxylic acids is 1. The maximum atomic E-state index is 12.2. The summed E-state index contributed by atoms with van der Waals surface area (Å²) >= 11 is 0. The van der Waals surface area contributed by atoms with Gasteiger partial charge in [-0.1, -0.05) is 25.1 Å². The maximum Gasteiger partial charge on any atom is 0.251 e. The molecule has 0 aromatic heterocycles. The molecule has 1 aromatic carbocycles. The van der Waals surface area contributed by atoms with E-state index in [1.807, 2.05) is 44.2 Å². The summed E-state index contributed by atoms with van der Waals surface area (Å²) in [6, 6.07) is 7.85. The number of hydrogen-bond acceptors (Lipinski definition) is 3. The number of carbonyl (C=O) groups is 1. The minimum atomic E-state index is -0.197. The molecule has 1 heterocycles. The van der Waals surface area contributed by atoms with E-state index in [0.717, 1.165) is 49.3 Å². The SMILES string of the molecule is CC/C=C(/C)C(=O)Nc1ccccc1N1CCC(O)CC1. The number of benzene rings is 1. The number of piperidine rings is 1. The van der Waals surface area contributed by atoms with Gasteiger partial charge in [-0.2, -0.15) is 0 Å². The Balaban J connectivity index is 2.14. The normalized spacial score (nSPS) is 16.9. The summed E-state index contributed by atoms with van der Waals surface area (Å²) in [4.78, 5) is 14.4. The van der Waals surface area contributed by atoms with Crippen molar-refractivity contribution in [2.75, 3.05) is 23.3 Å². The van der Waals surface area contributed by atoms with Crippen molar-refractivity contribution in [3.8, 4) is 0 Å². The Kier molecular flexibility index (Phi) is 5.39. The number of allylic oxidation sites excluding steroid dienone is 1. The highest BCUT2D eigenvalue weighted by atomic mass is 16.3. The predicted molar refractivity (Wildman–Crippen MR) is 86.6 cm³/mol. The standard InChI is InChI=1S/C17H24N2O2/c1-3-6-13(2)17(21)18-15-7-4-5-8-16(15)19-11-9-14(20)10-12-19/h4-8,14,20H,3,9-12H2,1-2H3,(H,18,21)/b13-6-. The minimum absolute atomic E-state index is 0.0543. The second-order valence-electron chi connectivity index (χ2n) is 5.48. The van der Waals surface area contributed by atoms with Crippen molar-refractivity contribution in [2.45, 2.75) is 39.2 Å². The maximum absolute atomic E-state index is 12.2. The fourth-order valence-corrected chi connectivity index (χ4v) is 2.58. The van der Waals surface area contributed by atoms with Crippen molar-refractivity contribution in [3.63, 3.8) is 0 Å². The second-order valence-corrected chi connectivity index (χ2v) is 5.48. The Hall–Kier alpha value is -1.81. The van der Waals surface area contributed by atoms with Gasteiger partial charge in [0.1, 0.15) is 0 Å². The highest BCUT2D eigenvalue weighted by molar-refractivity contribution is 6.05. The quantitative estimate of drug-likeness (QED) is 0.838. The first kappa shape index (κ1) is 15.6. The molecule has 0 aliphatic carbocycles. The number of aliphatic hydroxyl groups excluding tert-OH is 1. The van der Waals surface area contributed by atoms with Crippen LogP contribution in [0.3, 0.4) is 0 Å². The van der Waals surface area contributed by atoms with Gasteiger partial charge >= 0.3 is 0 Å². The van der Waals surface area contributed by atoms with Crippen molar-refractivity contribution < 1.29 is 9.90 Å². The number of para-hydroxylation sites is 2. The molecule has 1 aromatic rings. The fraction of sp³-hybridized carbons (Fsp3) is 0.471. The van der Waals surface area contributed by atoms with Crippen LogP contribution in [0.4, 0.5) is 11.4 Å². The molecule has 1 saturated heterocycles. The first-order chi connectivity index (χ1) is 10.1. The molecule has 1 aliphatic rings. The Morgan fingerprint density at radius 3 is 2.71 bits per heavy atom. The van der Waals surface area contributed by atoms with Gasteiger partial charge in [-0.3, -0.25) is 4.79 Å². The zero-order valence-corrected chi connectivity index (χ0v) is 12.8. The van der Waals surface area contributed by atoms with E-state index in [-0.39, 0.29) is 12.0 Å². The molecule has 0 saturated carbocycles. The highest BCUT2D eigenvalue weighted by Crippen LogP contribution is 2.28. The van der Waals surface area contributed by atoms with Crippen molar-refractivity contribution in [1.29, 1.82) is 0 Å². The fourth-order valence-electron chi connectivity index (χ4n) is 2.58. The molecule has 1 aliphatic heterocycles. The van der Waals surface area contributed by atoms with Gasteiger partial charge in [0, 0.05) is 18.7 Å². The summed E-state index contributed by atoms with van der Waals surface area (Å²) in [6.45, 7) is 5.48. The average Bonchev–Trinajstić information content (AvgIpc) is 2.49. The topological polar surface area (TPSA) is 52.6 Å². The molecule has 4 heteroatoms. The van der Waals surface area contributed by atoms with Gasteiger partial charge < -0.3 is 15.3 Å². The Morgan fingerprint density at radius 2 is 2.05 bits per heavy atom. The Bertz CT molecular complexity index is 517. The minimum Gasteiger partial charge on any atom is -0.393 e. The molecule has 114 valence electrons. The summed E-state index contributed by atoms with van der Waals surface area (Å²) in [6.07, 6.45) is 4.13. The smallest absolute Gasteiger partial charge is 0.251 e. The van der Waals surface area contributed by atoms with E-state index in [9.17, 15) is 9.90 Å². The third kappa shape index (κ3) is 4.08. The van der Waals surface area contributed by atoms with E-state index >= 15 is 0 Å². The van der Waals surface area contributed by atoms with Crippen LogP contribution in [0.5, 0.6) is 0 Å². The molecule has 0 spiro atoms. The summed E-state index contributed by atoms with van der Waals surface area (Å²) < 4.78 is 0. The molecule has 0 bridgehead atoms. The zero-order valence-electron chi connectivity index (χ0n) is 12.8. The molecule has 0 radical (unpaired) electrons. The van der Waals surface area contributed by atoms with Crippen LogP contribution in [0.1, 0.15) is 33.1 Å². The van der Waals surface area contributed by atoms with E-state index in [2.05, 4.69) is 10.2 Å². The molecular formula is C17H24N2O2. The van der Waals surface area contributed by atoms with E-state index in [1.54, 1.807) is 0 Å². The third-order valence-electron chi connectivity index (χ3n) is 3.83. The number of rotatable bonds is 4. The molecule has 1 amide bonds. The first-order valence-electron chi connectivity index (χ1n) is 7.62. The number of amides is 1. The summed E-state index contributed by atoms with van der Waals surface area (Å²) in [5, 5.41) is 12.6.